The van der Waals surface area contributed by atoms with Gasteiger partial charge < -0.3 is 9.47 Å². The van der Waals surface area contributed by atoms with Crippen LogP contribution >= 0.6 is 0 Å². The minimum atomic E-state index is -0.827. The molecule has 4 heteroatoms. The predicted molar refractivity (Wildman–Crippen MR) is 72.3 cm³/mol. The van der Waals surface area contributed by atoms with Gasteiger partial charge in [-0.05, 0) is 39.8 Å². The highest BCUT2D eigenvalue weighted by atomic mass is 16.6. The molecule has 104 valence electrons. The normalized spacial score (nSPS) is 12.7. The smallest absolute Gasteiger partial charge is 0.317 e. The van der Waals surface area contributed by atoms with Crippen LogP contribution < -0.4 is 4.74 Å². The maximum Gasteiger partial charge on any atom is 0.317 e. The molecule has 0 N–H and O–H groups in total. The average Bonchev–Trinajstić information content (AvgIpc) is 2.35. The van der Waals surface area contributed by atoms with Crippen LogP contribution in [-0.2, 0) is 9.53 Å². The van der Waals surface area contributed by atoms with Gasteiger partial charge in [-0.3, -0.25) is 9.59 Å². The van der Waals surface area contributed by atoms with E-state index in [1.54, 1.807) is 52.0 Å². The first kappa shape index (κ1) is 15.2. The van der Waals surface area contributed by atoms with Gasteiger partial charge in [-0.2, -0.15) is 0 Å². The first-order valence-corrected chi connectivity index (χ1v) is 6.15. The first-order chi connectivity index (χ1) is 8.74. The number of carbonyl (C=O) groups is 2. The molecule has 0 radical (unpaired) electrons. The Kier molecular flexibility index (Phi) is 4.70. The second-order valence-corrected chi connectivity index (χ2v) is 5.35. The molecule has 0 aliphatic heterocycles. The lowest BCUT2D eigenvalue weighted by molar-refractivity contribution is -0.157. The summed E-state index contributed by atoms with van der Waals surface area (Å²) in [5, 5.41) is 0. The molecule has 0 saturated heterocycles. The zero-order valence-electron chi connectivity index (χ0n) is 12.0. The third-order valence-corrected chi connectivity index (χ3v) is 2.51. The van der Waals surface area contributed by atoms with Gasteiger partial charge in [0.1, 0.15) is 17.3 Å². The van der Waals surface area contributed by atoms with Gasteiger partial charge in [0.2, 0.25) is 0 Å². The molecule has 0 aliphatic carbocycles. The molecule has 1 rings (SSSR count). The summed E-state index contributed by atoms with van der Waals surface area (Å²) in [6.45, 7) is 6.87. The van der Waals surface area contributed by atoms with Gasteiger partial charge >= 0.3 is 5.97 Å². The highest BCUT2D eigenvalue weighted by Gasteiger charge is 2.28. The average molecular weight is 264 g/mol. The summed E-state index contributed by atoms with van der Waals surface area (Å²) < 4.78 is 10.3. The van der Waals surface area contributed by atoms with Crippen molar-refractivity contribution in [1.82, 2.24) is 0 Å². The van der Waals surface area contributed by atoms with Gasteiger partial charge in [0, 0.05) is 5.56 Å². The molecule has 0 heterocycles. The van der Waals surface area contributed by atoms with Crippen LogP contribution in [0.3, 0.4) is 0 Å². The molecule has 0 amide bonds. The van der Waals surface area contributed by atoms with Crippen molar-refractivity contribution in [3.05, 3.63) is 29.8 Å². The largest absolute Gasteiger partial charge is 0.497 e. The van der Waals surface area contributed by atoms with E-state index in [1.165, 1.54) is 7.11 Å². The van der Waals surface area contributed by atoms with Gasteiger partial charge in [-0.15, -0.1) is 0 Å². The van der Waals surface area contributed by atoms with E-state index in [4.69, 9.17) is 9.47 Å². The van der Waals surface area contributed by atoms with E-state index >= 15 is 0 Å². The van der Waals surface area contributed by atoms with Crippen LogP contribution in [0.25, 0.3) is 0 Å². The molecule has 0 aliphatic rings. The number of ketones is 1. The van der Waals surface area contributed by atoms with Crippen molar-refractivity contribution >= 4 is 11.8 Å². The van der Waals surface area contributed by atoms with Crippen molar-refractivity contribution in [3.63, 3.8) is 0 Å². The van der Waals surface area contributed by atoms with Crippen LogP contribution in [0.2, 0.25) is 0 Å². The molecule has 4 nitrogen and oxygen atoms in total. The zero-order chi connectivity index (χ0) is 14.6. The highest BCUT2D eigenvalue weighted by molar-refractivity contribution is 6.08. The molecule has 0 fully saturated rings. The maximum atomic E-state index is 12.2. The fraction of sp³-hybridized carbons (Fsp3) is 0.467. The van der Waals surface area contributed by atoms with Crippen molar-refractivity contribution in [2.45, 2.75) is 33.3 Å². The Bertz CT molecular complexity index is 471. The summed E-state index contributed by atoms with van der Waals surface area (Å²) in [4.78, 5) is 24.0. The lowest BCUT2D eigenvalue weighted by atomic mass is 9.99. The molecule has 1 atom stereocenters. The molecular formula is C15H20O4. The minimum Gasteiger partial charge on any atom is -0.497 e. The maximum absolute atomic E-state index is 12.2. The summed E-state index contributed by atoms with van der Waals surface area (Å²) in [6, 6.07) is 6.73. The second-order valence-electron chi connectivity index (χ2n) is 5.35. The number of methoxy groups -OCH3 is 1. The summed E-state index contributed by atoms with van der Waals surface area (Å²) in [5.41, 5.74) is -0.155. The Balaban J connectivity index is 2.84. The molecule has 19 heavy (non-hydrogen) atoms. The molecule has 0 bridgehead atoms. The third-order valence-electron chi connectivity index (χ3n) is 2.51. The molecule has 0 spiro atoms. The van der Waals surface area contributed by atoms with Crippen molar-refractivity contribution in [2.24, 2.45) is 5.92 Å². The van der Waals surface area contributed by atoms with Crippen LogP contribution in [0.1, 0.15) is 38.1 Å². The van der Waals surface area contributed by atoms with Crippen molar-refractivity contribution in [1.29, 1.82) is 0 Å². The SMILES string of the molecule is COc1cccc(C(=O)C(C)C(=O)OC(C)(C)C)c1. The second kappa shape index (κ2) is 5.87. The van der Waals surface area contributed by atoms with Crippen LogP contribution in [0.5, 0.6) is 5.75 Å². The summed E-state index contributed by atoms with van der Waals surface area (Å²) >= 11 is 0. The monoisotopic (exact) mass is 264 g/mol. The molecule has 0 saturated carbocycles. The van der Waals surface area contributed by atoms with Gasteiger partial charge in [-0.1, -0.05) is 12.1 Å². The summed E-state index contributed by atoms with van der Waals surface area (Å²) in [5.74, 6) is -1.03. The lowest BCUT2D eigenvalue weighted by Gasteiger charge is -2.21. The number of rotatable bonds is 4. The van der Waals surface area contributed by atoms with Crippen LogP contribution in [0, 0.1) is 5.92 Å². The zero-order valence-corrected chi connectivity index (χ0v) is 12.0. The molecule has 1 aromatic rings. The van der Waals surface area contributed by atoms with Crippen molar-refractivity contribution in [3.8, 4) is 5.75 Å². The number of benzene rings is 1. The molecule has 1 aromatic carbocycles. The van der Waals surface area contributed by atoms with E-state index < -0.39 is 17.5 Å². The van der Waals surface area contributed by atoms with Crippen LogP contribution in [0.4, 0.5) is 0 Å². The molecule has 1 unspecified atom stereocenters. The third kappa shape index (κ3) is 4.39. The fourth-order valence-electron chi connectivity index (χ4n) is 1.52. The van der Waals surface area contributed by atoms with Crippen molar-refractivity contribution < 1.29 is 19.1 Å². The Morgan fingerprint density at radius 3 is 2.37 bits per heavy atom. The quantitative estimate of drug-likeness (QED) is 0.476. The standard InChI is InChI=1S/C15H20O4/c1-10(14(17)19-15(2,3)4)13(16)11-7-6-8-12(9-11)18-5/h6-10H,1-5H3. The van der Waals surface area contributed by atoms with E-state index in [-0.39, 0.29) is 5.78 Å². The van der Waals surface area contributed by atoms with E-state index in [1.807, 2.05) is 0 Å². The number of hydrogen-bond donors (Lipinski definition) is 0. The fourth-order valence-corrected chi connectivity index (χ4v) is 1.52. The Hall–Kier alpha value is -1.84. The number of carbonyl (C=O) groups excluding carboxylic acids is 2. The topological polar surface area (TPSA) is 52.6 Å². The Morgan fingerprint density at radius 1 is 1.21 bits per heavy atom. The van der Waals surface area contributed by atoms with Gasteiger partial charge in [-0.25, -0.2) is 0 Å². The van der Waals surface area contributed by atoms with Gasteiger partial charge in [0.25, 0.3) is 0 Å². The van der Waals surface area contributed by atoms with Gasteiger partial charge in [0.15, 0.2) is 5.78 Å². The number of hydrogen-bond acceptors (Lipinski definition) is 4. The van der Waals surface area contributed by atoms with E-state index in [0.29, 0.717) is 11.3 Å². The predicted octanol–water partition coefficient (Wildman–Crippen LogP) is 2.86. The Morgan fingerprint density at radius 2 is 1.84 bits per heavy atom. The van der Waals surface area contributed by atoms with Gasteiger partial charge in [0.05, 0.1) is 7.11 Å². The van der Waals surface area contributed by atoms with E-state index in [0.717, 1.165) is 0 Å². The first-order valence-electron chi connectivity index (χ1n) is 6.15. The molecule has 0 aromatic heterocycles. The summed E-state index contributed by atoms with van der Waals surface area (Å²) in [6.07, 6.45) is 0. The van der Waals surface area contributed by atoms with E-state index in [9.17, 15) is 9.59 Å². The van der Waals surface area contributed by atoms with Crippen LogP contribution in [0.15, 0.2) is 24.3 Å². The number of ether oxygens (including phenoxy) is 2. The molecular weight excluding hydrogens is 244 g/mol. The van der Waals surface area contributed by atoms with E-state index in [2.05, 4.69) is 0 Å². The number of esters is 1. The Labute approximate surface area is 113 Å². The van der Waals surface area contributed by atoms with Crippen LogP contribution in [-0.4, -0.2) is 24.5 Å². The highest BCUT2D eigenvalue weighted by Crippen LogP contribution is 2.18. The number of Topliss-reactive ketones (excluding diaryl/α,β-unsaturated/α-hetero) is 1. The summed E-state index contributed by atoms with van der Waals surface area (Å²) in [7, 11) is 1.53. The van der Waals surface area contributed by atoms with Crippen molar-refractivity contribution in [2.75, 3.05) is 7.11 Å². The lowest BCUT2D eigenvalue weighted by Crippen LogP contribution is -2.31. The minimum absolute atomic E-state index is 0.270.